The molecule has 2 heterocycles. The van der Waals surface area contributed by atoms with Gasteiger partial charge in [0.2, 0.25) is 0 Å². The summed E-state index contributed by atoms with van der Waals surface area (Å²) in [6.45, 7) is 0. The van der Waals surface area contributed by atoms with Crippen LogP contribution in [0.1, 0.15) is 11.3 Å². The third kappa shape index (κ3) is 2.76. The van der Waals surface area contributed by atoms with Crippen LogP contribution in [0.5, 0.6) is 0 Å². The number of nitrogens with one attached hydrogen (secondary N) is 1. The van der Waals surface area contributed by atoms with E-state index in [-0.39, 0.29) is 11.5 Å². The second kappa shape index (κ2) is 5.14. The summed E-state index contributed by atoms with van der Waals surface area (Å²) in [5, 5.41) is 7.38. The summed E-state index contributed by atoms with van der Waals surface area (Å²) in [6, 6.07) is 6.29. The molecule has 0 aliphatic carbocycles. The molecule has 22 heavy (non-hydrogen) atoms. The Morgan fingerprint density at radius 2 is 2.00 bits per heavy atom. The average molecular weight is 305 g/mol. The summed E-state index contributed by atoms with van der Waals surface area (Å²) in [5.74, 6) is 0.0300. The fourth-order valence-electron chi connectivity index (χ4n) is 1.93. The number of amidine groups is 1. The van der Waals surface area contributed by atoms with E-state index in [0.717, 1.165) is 23.0 Å². The van der Waals surface area contributed by atoms with E-state index >= 15 is 0 Å². The van der Waals surface area contributed by atoms with Crippen LogP contribution >= 0.6 is 0 Å². The van der Waals surface area contributed by atoms with E-state index in [4.69, 9.17) is 5.73 Å². The van der Waals surface area contributed by atoms with Crippen molar-refractivity contribution >= 4 is 22.4 Å². The molecule has 5 nitrogen and oxygen atoms in total. The van der Waals surface area contributed by atoms with Crippen LogP contribution in [0.25, 0.3) is 10.9 Å². The molecule has 0 fully saturated rings. The number of benzene rings is 1. The molecule has 2 aromatic heterocycles. The third-order valence-corrected chi connectivity index (χ3v) is 3.01. The predicted molar refractivity (Wildman–Crippen MR) is 75.7 cm³/mol. The molecule has 3 aromatic rings. The van der Waals surface area contributed by atoms with Gasteiger partial charge in [-0.25, -0.2) is 4.99 Å². The Balaban J connectivity index is 1.97. The van der Waals surface area contributed by atoms with Gasteiger partial charge in [-0.2, -0.15) is 18.3 Å². The molecule has 112 valence electrons. The minimum Gasteiger partial charge on any atom is -0.382 e. The molecule has 0 aliphatic heterocycles. The zero-order valence-corrected chi connectivity index (χ0v) is 11.1. The highest BCUT2D eigenvalue weighted by Crippen LogP contribution is 2.31. The summed E-state index contributed by atoms with van der Waals surface area (Å²) < 4.78 is 38.0. The van der Waals surface area contributed by atoms with Crippen LogP contribution in [0.4, 0.5) is 18.9 Å². The highest BCUT2D eigenvalue weighted by molar-refractivity contribution is 5.99. The number of hydrogen-bond acceptors (Lipinski definition) is 3. The van der Waals surface area contributed by atoms with E-state index in [0.29, 0.717) is 5.69 Å². The van der Waals surface area contributed by atoms with E-state index in [1.165, 1.54) is 18.3 Å². The van der Waals surface area contributed by atoms with Crippen LogP contribution in [-0.2, 0) is 6.18 Å². The van der Waals surface area contributed by atoms with E-state index < -0.39 is 11.7 Å². The third-order valence-electron chi connectivity index (χ3n) is 3.01. The van der Waals surface area contributed by atoms with E-state index in [1.54, 1.807) is 12.3 Å². The van der Waals surface area contributed by atoms with E-state index in [2.05, 4.69) is 20.2 Å². The minimum absolute atomic E-state index is 0.0300. The van der Waals surface area contributed by atoms with Crippen molar-refractivity contribution < 1.29 is 13.2 Å². The number of aromatic nitrogens is 3. The Hall–Kier alpha value is -2.90. The number of halogens is 3. The molecule has 0 spiro atoms. The normalized spacial score (nSPS) is 12.8. The average Bonchev–Trinajstić information content (AvgIpc) is 2.94. The minimum atomic E-state index is -4.42. The predicted octanol–water partition coefficient (Wildman–Crippen LogP) is 3.01. The maximum absolute atomic E-state index is 12.7. The number of pyridine rings is 1. The number of nitrogens with zero attached hydrogens (tertiary/aromatic N) is 3. The first kappa shape index (κ1) is 14.1. The van der Waals surface area contributed by atoms with Gasteiger partial charge in [-0.3, -0.25) is 10.1 Å². The summed E-state index contributed by atoms with van der Waals surface area (Å²) in [7, 11) is 0. The SMILES string of the molecule is NC(=Nc1cccc(C(F)(F)F)c1)c1cc2cn[nH]c2cn1. The highest BCUT2D eigenvalue weighted by atomic mass is 19.4. The lowest BCUT2D eigenvalue weighted by Gasteiger charge is -2.07. The monoisotopic (exact) mass is 305 g/mol. The summed E-state index contributed by atoms with van der Waals surface area (Å²) in [6.07, 6.45) is -1.29. The summed E-state index contributed by atoms with van der Waals surface area (Å²) in [5.41, 5.74) is 6.26. The quantitative estimate of drug-likeness (QED) is 0.564. The summed E-state index contributed by atoms with van der Waals surface area (Å²) in [4.78, 5) is 8.09. The van der Waals surface area contributed by atoms with Crippen molar-refractivity contribution in [3.63, 3.8) is 0 Å². The lowest BCUT2D eigenvalue weighted by Crippen LogP contribution is -2.14. The largest absolute Gasteiger partial charge is 0.416 e. The summed E-state index contributed by atoms with van der Waals surface area (Å²) >= 11 is 0. The van der Waals surface area contributed by atoms with E-state index in [1.807, 2.05) is 0 Å². The molecule has 3 N–H and O–H groups in total. The number of rotatable bonds is 2. The van der Waals surface area contributed by atoms with Crippen molar-refractivity contribution in [2.75, 3.05) is 0 Å². The lowest BCUT2D eigenvalue weighted by molar-refractivity contribution is -0.137. The van der Waals surface area contributed by atoms with Gasteiger partial charge in [-0.15, -0.1) is 0 Å². The van der Waals surface area contributed by atoms with E-state index in [9.17, 15) is 13.2 Å². The Kier molecular flexibility index (Phi) is 3.28. The first-order valence-electron chi connectivity index (χ1n) is 6.24. The molecule has 0 atom stereocenters. The number of H-pyrrole nitrogens is 1. The maximum atomic E-state index is 12.7. The Bertz CT molecular complexity index is 851. The van der Waals surface area contributed by atoms with Crippen molar-refractivity contribution in [1.82, 2.24) is 15.2 Å². The van der Waals surface area contributed by atoms with Gasteiger partial charge in [0, 0.05) is 5.39 Å². The molecule has 0 bridgehead atoms. The Morgan fingerprint density at radius 3 is 2.77 bits per heavy atom. The van der Waals surface area contributed by atoms with Gasteiger partial charge in [0.15, 0.2) is 0 Å². The van der Waals surface area contributed by atoms with Gasteiger partial charge in [0.05, 0.1) is 29.2 Å². The second-order valence-electron chi connectivity index (χ2n) is 4.57. The van der Waals surface area contributed by atoms with Crippen molar-refractivity contribution in [3.05, 3.63) is 54.0 Å². The zero-order valence-electron chi connectivity index (χ0n) is 11.1. The first-order chi connectivity index (χ1) is 10.4. The Labute approximate surface area is 122 Å². The standard InChI is InChI=1S/C14H10F3N5/c15-14(16,17)9-2-1-3-10(5-9)21-13(18)11-4-8-6-20-22-12(8)7-19-11/h1-7H,(H2,18,21)(H,20,22). The van der Waals surface area contributed by atoms with Gasteiger partial charge in [0.1, 0.15) is 11.5 Å². The molecular formula is C14H10F3N5. The van der Waals surface area contributed by atoms with Crippen LogP contribution in [0.3, 0.4) is 0 Å². The number of hydrogen-bond donors (Lipinski definition) is 2. The van der Waals surface area contributed by atoms with Crippen LogP contribution in [0.15, 0.2) is 47.7 Å². The van der Waals surface area contributed by atoms with Crippen LogP contribution in [-0.4, -0.2) is 21.0 Å². The zero-order chi connectivity index (χ0) is 15.7. The van der Waals surface area contributed by atoms with Gasteiger partial charge < -0.3 is 5.73 Å². The molecule has 0 amide bonds. The fraction of sp³-hybridized carbons (Fsp3) is 0.0714. The molecule has 0 saturated heterocycles. The second-order valence-corrected chi connectivity index (χ2v) is 4.57. The van der Waals surface area contributed by atoms with Crippen LogP contribution in [0, 0.1) is 0 Å². The number of aromatic amines is 1. The number of fused-ring (bicyclic) bond motifs is 1. The Morgan fingerprint density at radius 1 is 1.18 bits per heavy atom. The number of alkyl halides is 3. The maximum Gasteiger partial charge on any atom is 0.416 e. The highest BCUT2D eigenvalue weighted by Gasteiger charge is 2.30. The molecule has 1 aromatic carbocycles. The van der Waals surface area contributed by atoms with Gasteiger partial charge in [0.25, 0.3) is 0 Å². The topological polar surface area (TPSA) is 80.0 Å². The molecule has 8 heteroatoms. The van der Waals surface area contributed by atoms with Crippen LogP contribution < -0.4 is 5.73 Å². The molecular weight excluding hydrogens is 295 g/mol. The molecule has 0 unspecified atom stereocenters. The fourth-order valence-corrected chi connectivity index (χ4v) is 1.93. The number of aliphatic imine (C=N–C) groups is 1. The van der Waals surface area contributed by atoms with Crippen molar-refractivity contribution in [1.29, 1.82) is 0 Å². The van der Waals surface area contributed by atoms with Gasteiger partial charge >= 0.3 is 6.18 Å². The smallest absolute Gasteiger partial charge is 0.382 e. The van der Waals surface area contributed by atoms with Crippen molar-refractivity contribution in [2.45, 2.75) is 6.18 Å². The molecule has 0 radical (unpaired) electrons. The molecule has 0 saturated carbocycles. The molecule has 3 rings (SSSR count). The molecule has 0 aliphatic rings. The van der Waals surface area contributed by atoms with Crippen molar-refractivity contribution in [3.8, 4) is 0 Å². The van der Waals surface area contributed by atoms with Crippen LogP contribution in [0.2, 0.25) is 0 Å². The van der Waals surface area contributed by atoms with Crippen molar-refractivity contribution in [2.24, 2.45) is 10.7 Å². The van der Waals surface area contributed by atoms with Gasteiger partial charge in [-0.05, 0) is 24.3 Å². The lowest BCUT2D eigenvalue weighted by atomic mass is 10.2. The van der Waals surface area contributed by atoms with Gasteiger partial charge in [-0.1, -0.05) is 6.07 Å². The first-order valence-corrected chi connectivity index (χ1v) is 6.24. The number of nitrogens with two attached hydrogens (primary N) is 1.